The molecular formula is C16H23ClN4. The first-order chi connectivity index (χ1) is 10.1. The van der Waals surface area contributed by atoms with E-state index in [4.69, 9.17) is 17.3 Å². The molecule has 1 heterocycles. The van der Waals surface area contributed by atoms with Gasteiger partial charge in [-0.3, -0.25) is 0 Å². The molecule has 2 rings (SSSR count). The number of rotatable bonds is 6. The molecule has 0 fully saturated rings. The number of hydrogen-bond acceptors (Lipinski definition) is 3. The zero-order chi connectivity index (χ0) is 15.4. The lowest BCUT2D eigenvalue weighted by molar-refractivity contribution is 0.640. The van der Waals surface area contributed by atoms with Crippen LogP contribution < -0.4 is 5.73 Å². The van der Waals surface area contributed by atoms with Crippen molar-refractivity contribution in [1.82, 2.24) is 14.8 Å². The third kappa shape index (κ3) is 3.63. The molecule has 1 unspecified atom stereocenters. The maximum atomic E-state index is 6.15. The SMILES string of the molecule is CCc1nc(CC)n(-c2ccc(Cl)cc2CC(N)CC)n1. The summed E-state index contributed by atoms with van der Waals surface area (Å²) in [5.74, 6) is 1.84. The van der Waals surface area contributed by atoms with Crippen molar-refractivity contribution in [2.24, 2.45) is 5.73 Å². The second-order valence-corrected chi connectivity index (χ2v) is 5.65. The van der Waals surface area contributed by atoms with E-state index in [1.54, 1.807) is 0 Å². The van der Waals surface area contributed by atoms with Gasteiger partial charge in [0.05, 0.1) is 5.69 Å². The molecule has 2 N–H and O–H groups in total. The van der Waals surface area contributed by atoms with Gasteiger partial charge in [0.1, 0.15) is 5.82 Å². The minimum atomic E-state index is 0.126. The molecule has 0 saturated heterocycles. The van der Waals surface area contributed by atoms with Crippen LogP contribution in [0.3, 0.4) is 0 Å². The molecule has 0 aliphatic rings. The number of nitrogens with zero attached hydrogens (tertiary/aromatic N) is 3. The highest BCUT2D eigenvalue weighted by atomic mass is 35.5. The minimum Gasteiger partial charge on any atom is -0.327 e. The van der Waals surface area contributed by atoms with Gasteiger partial charge in [-0.2, -0.15) is 5.10 Å². The second kappa shape index (κ2) is 7.05. The predicted octanol–water partition coefficient (Wildman–Crippen LogP) is 3.33. The molecule has 21 heavy (non-hydrogen) atoms. The molecule has 1 aromatic carbocycles. The van der Waals surface area contributed by atoms with E-state index in [2.05, 4.69) is 30.9 Å². The number of nitrogens with two attached hydrogens (primary N) is 1. The summed E-state index contributed by atoms with van der Waals surface area (Å²) in [7, 11) is 0. The molecule has 1 atom stereocenters. The molecule has 0 spiro atoms. The Hall–Kier alpha value is -1.39. The van der Waals surface area contributed by atoms with Crippen LogP contribution in [0.4, 0.5) is 0 Å². The molecule has 4 nitrogen and oxygen atoms in total. The maximum Gasteiger partial charge on any atom is 0.151 e. The van der Waals surface area contributed by atoms with E-state index >= 15 is 0 Å². The van der Waals surface area contributed by atoms with E-state index in [1.807, 2.05) is 22.9 Å². The number of halogens is 1. The van der Waals surface area contributed by atoms with Crippen LogP contribution in [0.5, 0.6) is 0 Å². The second-order valence-electron chi connectivity index (χ2n) is 5.21. The Bertz CT molecular complexity index is 606. The average Bonchev–Trinajstić information content (AvgIpc) is 2.90. The quantitative estimate of drug-likeness (QED) is 0.890. The molecular weight excluding hydrogens is 284 g/mol. The molecule has 0 aliphatic carbocycles. The largest absolute Gasteiger partial charge is 0.327 e. The van der Waals surface area contributed by atoms with Crippen LogP contribution in [0.15, 0.2) is 18.2 Å². The van der Waals surface area contributed by atoms with Crippen molar-refractivity contribution in [2.75, 3.05) is 0 Å². The molecule has 0 amide bonds. The lowest BCUT2D eigenvalue weighted by Crippen LogP contribution is -2.22. The molecule has 0 saturated carbocycles. The standard InChI is InChI=1S/C16H23ClN4/c1-4-13(18)10-11-9-12(17)7-8-14(11)21-16(6-3)19-15(5-2)20-21/h7-9,13H,4-6,10,18H2,1-3H3. The molecule has 0 bridgehead atoms. The van der Waals surface area contributed by atoms with E-state index in [0.29, 0.717) is 0 Å². The van der Waals surface area contributed by atoms with Crippen LogP contribution in [0.25, 0.3) is 5.69 Å². The van der Waals surface area contributed by atoms with Gasteiger partial charge in [0, 0.05) is 23.9 Å². The fourth-order valence-electron chi connectivity index (χ4n) is 2.31. The highest BCUT2D eigenvalue weighted by Gasteiger charge is 2.14. The summed E-state index contributed by atoms with van der Waals surface area (Å²) in [6.07, 6.45) is 3.40. The first-order valence-electron chi connectivity index (χ1n) is 7.58. The topological polar surface area (TPSA) is 56.7 Å². The van der Waals surface area contributed by atoms with Crippen LogP contribution in [0, 0.1) is 0 Å². The lowest BCUT2D eigenvalue weighted by Gasteiger charge is -2.15. The third-order valence-corrected chi connectivity index (χ3v) is 3.86. The fourth-order valence-corrected chi connectivity index (χ4v) is 2.51. The van der Waals surface area contributed by atoms with Gasteiger partial charge in [-0.05, 0) is 36.6 Å². The van der Waals surface area contributed by atoms with Crippen molar-refractivity contribution in [2.45, 2.75) is 52.5 Å². The summed E-state index contributed by atoms with van der Waals surface area (Å²) in [4.78, 5) is 4.57. The first kappa shape index (κ1) is 16.0. The normalized spacial score (nSPS) is 12.6. The third-order valence-electron chi connectivity index (χ3n) is 3.63. The number of aromatic nitrogens is 3. The summed E-state index contributed by atoms with van der Waals surface area (Å²) in [6.45, 7) is 6.25. The van der Waals surface area contributed by atoms with Crippen molar-refractivity contribution < 1.29 is 0 Å². The highest BCUT2D eigenvalue weighted by Crippen LogP contribution is 2.22. The van der Waals surface area contributed by atoms with Crippen molar-refractivity contribution in [3.63, 3.8) is 0 Å². The highest BCUT2D eigenvalue weighted by molar-refractivity contribution is 6.30. The van der Waals surface area contributed by atoms with Crippen LogP contribution in [0.1, 0.15) is 44.4 Å². The number of benzene rings is 1. The molecule has 0 aliphatic heterocycles. The summed E-state index contributed by atoms with van der Waals surface area (Å²) in [5, 5.41) is 5.34. The van der Waals surface area contributed by atoms with Crippen LogP contribution in [-0.4, -0.2) is 20.8 Å². The zero-order valence-corrected chi connectivity index (χ0v) is 13.7. The van der Waals surface area contributed by atoms with Gasteiger partial charge < -0.3 is 5.73 Å². The van der Waals surface area contributed by atoms with Gasteiger partial charge in [0.25, 0.3) is 0 Å². The number of aryl methyl sites for hydroxylation is 2. The summed E-state index contributed by atoms with van der Waals surface area (Å²) < 4.78 is 1.94. The van der Waals surface area contributed by atoms with Crippen LogP contribution >= 0.6 is 11.6 Å². The lowest BCUT2D eigenvalue weighted by atomic mass is 10.0. The van der Waals surface area contributed by atoms with Crippen LogP contribution in [0.2, 0.25) is 5.02 Å². The monoisotopic (exact) mass is 306 g/mol. The molecule has 1 aromatic heterocycles. The van der Waals surface area contributed by atoms with Crippen molar-refractivity contribution in [3.05, 3.63) is 40.4 Å². The molecule has 0 radical (unpaired) electrons. The summed E-state index contributed by atoms with van der Waals surface area (Å²) in [6, 6.07) is 6.01. The van der Waals surface area contributed by atoms with Gasteiger partial charge in [0.2, 0.25) is 0 Å². The Morgan fingerprint density at radius 3 is 2.62 bits per heavy atom. The van der Waals surface area contributed by atoms with Gasteiger partial charge in [-0.15, -0.1) is 0 Å². The Morgan fingerprint density at radius 2 is 2.00 bits per heavy atom. The van der Waals surface area contributed by atoms with Gasteiger partial charge in [-0.25, -0.2) is 9.67 Å². The average molecular weight is 307 g/mol. The van der Waals surface area contributed by atoms with Crippen molar-refractivity contribution in [1.29, 1.82) is 0 Å². The summed E-state index contributed by atoms with van der Waals surface area (Å²) in [5.41, 5.74) is 8.27. The summed E-state index contributed by atoms with van der Waals surface area (Å²) >= 11 is 6.15. The van der Waals surface area contributed by atoms with E-state index in [-0.39, 0.29) is 6.04 Å². The van der Waals surface area contributed by atoms with Crippen LogP contribution in [-0.2, 0) is 19.3 Å². The van der Waals surface area contributed by atoms with Crippen molar-refractivity contribution >= 4 is 11.6 Å². The Balaban J connectivity index is 2.49. The minimum absolute atomic E-state index is 0.126. The van der Waals surface area contributed by atoms with E-state index in [1.165, 1.54) is 0 Å². The smallest absolute Gasteiger partial charge is 0.151 e. The van der Waals surface area contributed by atoms with E-state index in [9.17, 15) is 0 Å². The predicted molar refractivity (Wildman–Crippen MR) is 87.1 cm³/mol. The molecule has 114 valence electrons. The van der Waals surface area contributed by atoms with Gasteiger partial charge in [0.15, 0.2) is 5.82 Å². The first-order valence-corrected chi connectivity index (χ1v) is 7.95. The maximum absolute atomic E-state index is 6.15. The fraction of sp³-hybridized carbons (Fsp3) is 0.500. The Kier molecular flexibility index (Phi) is 5.37. The Labute approximate surface area is 131 Å². The number of hydrogen-bond donors (Lipinski definition) is 1. The zero-order valence-electron chi connectivity index (χ0n) is 12.9. The van der Waals surface area contributed by atoms with Crippen molar-refractivity contribution in [3.8, 4) is 5.69 Å². The Morgan fingerprint density at radius 1 is 1.24 bits per heavy atom. The van der Waals surface area contributed by atoms with E-state index < -0.39 is 0 Å². The van der Waals surface area contributed by atoms with E-state index in [0.717, 1.165) is 53.6 Å². The molecule has 5 heteroatoms. The van der Waals surface area contributed by atoms with Gasteiger partial charge >= 0.3 is 0 Å². The molecule has 2 aromatic rings. The van der Waals surface area contributed by atoms with Gasteiger partial charge in [-0.1, -0.05) is 32.4 Å².